The van der Waals surface area contributed by atoms with E-state index >= 15 is 0 Å². The molecule has 1 aromatic carbocycles. The van der Waals surface area contributed by atoms with Crippen molar-refractivity contribution in [2.24, 2.45) is 5.14 Å². The first-order chi connectivity index (χ1) is 7.72. The molecule has 0 spiro atoms. The van der Waals surface area contributed by atoms with E-state index in [9.17, 15) is 13.5 Å². The third-order valence-corrected chi connectivity index (χ3v) is 3.44. The predicted molar refractivity (Wildman–Crippen MR) is 65.1 cm³/mol. The first-order valence-corrected chi connectivity index (χ1v) is 6.78. The van der Waals surface area contributed by atoms with Crippen LogP contribution in [0.15, 0.2) is 18.2 Å². The first kappa shape index (κ1) is 14.7. The van der Waals surface area contributed by atoms with Crippen LogP contribution in [0.1, 0.15) is 18.6 Å². The molecule has 0 fully saturated rings. The molecule has 1 rings (SSSR count). The molecule has 5 nitrogen and oxygen atoms in total. The standard InChI is InChI=1S/C9H11Cl2NO4S/c1-5(16-17(12,14)15)9(13)6-3-2-4-7(10)8(6)11/h2-5,9,13H,1H3,(H2,12,14,15)/t5-,9+/m0/s1. The second-order valence-corrected chi connectivity index (χ2v) is 5.35. The molecule has 0 aromatic heterocycles. The van der Waals surface area contributed by atoms with Crippen molar-refractivity contribution in [3.63, 3.8) is 0 Å². The van der Waals surface area contributed by atoms with Gasteiger partial charge in [0, 0.05) is 5.56 Å². The summed E-state index contributed by atoms with van der Waals surface area (Å²) in [4.78, 5) is 0. The van der Waals surface area contributed by atoms with Crippen LogP contribution >= 0.6 is 23.2 Å². The third kappa shape index (κ3) is 4.09. The van der Waals surface area contributed by atoms with Crippen molar-refractivity contribution in [2.45, 2.75) is 19.1 Å². The average molecular weight is 300 g/mol. The highest BCUT2D eigenvalue weighted by molar-refractivity contribution is 7.84. The monoisotopic (exact) mass is 299 g/mol. The van der Waals surface area contributed by atoms with Gasteiger partial charge >= 0.3 is 10.3 Å². The van der Waals surface area contributed by atoms with Crippen LogP contribution in [-0.2, 0) is 14.5 Å². The van der Waals surface area contributed by atoms with Crippen molar-refractivity contribution in [1.82, 2.24) is 0 Å². The summed E-state index contributed by atoms with van der Waals surface area (Å²) in [7, 11) is -4.14. The van der Waals surface area contributed by atoms with Crippen molar-refractivity contribution in [3.05, 3.63) is 33.8 Å². The molecule has 1 aromatic rings. The van der Waals surface area contributed by atoms with E-state index in [4.69, 9.17) is 28.3 Å². The van der Waals surface area contributed by atoms with Gasteiger partial charge in [-0.1, -0.05) is 35.3 Å². The van der Waals surface area contributed by atoms with Crippen LogP contribution in [0.2, 0.25) is 10.0 Å². The van der Waals surface area contributed by atoms with Crippen molar-refractivity contribution in [2.75, 3.05) is 0 Å². The lowest BCUT2D eigenvalue weighted by Crippen LogP contribution is -2.27. The fourth-order valence-electron chi connectivity index (χ4n) is 1.27. The van der Waals surface area contributed by atoms with E-state index in [1.54, 1.807) is 12.1 Å². The van der Waals surface area contributed by atoms with Crippen LogP contribution in [0.4, 0.5) is 0 Å². The average Bonchev–Trinajstić information content (AvgIpc) is 2.18. The zero-order valence-corrected chi connectivity index (χ0v) is 11.1. The Morgan fingerprint density at radius 3 is 2.53 bits per heavy atom. The van der Waals surface area contributed by atoms with E-state index < -0.39 is 22.5 Å². The maximum absolute atomic E-state index is 10.7. The molecule has 0 aliphatic carbocycles. The van der Waals surface area contributed by atoms with Crippen LogP contribution in [0.25, 0.3) is 0 Å². The van der Waals surface area contributed by atoms with Gasteiger partial charge in [0.2, 0.25) is 0 Å². The number of aliphatic hydroxyl groups excluding tert-OH is 1. The van der Waals surface area contributed by atoms with Gasteiger partial charge in [-0.2, -0.15) is 8.42 Å². The molecule has 0 amide bonds. The second-order valence-electron chi connectivity index (χ2n) is 3.38. The lowest BCUT2D eigenvalue weighted by molar-refractivity contribution is 0.0509. The van der Waals surface area contributed by atoms with Crippen LogP contribution < -0.4 is 5.14 Å². The molecule has 0 aliphatic rings. The Hall–Kier alpha value is -0.370. The molecular formula is C9H11Cl2NO4S. The van der Waals surface area contributed by atoms with E-state index in [1.165, 1.54) is 13.0 Å². The lowest BCUT2D eigenvalue weighted by atomic mass is 10.1. The van der Waals surface area contributed by atoms with Crippen molar-refractivity contribution >= 4 is 33.5 Å². The van der Waals surface area contributed by atoms with Gasteiger partial charge in [-0.25, -0.2) is 5.14 Å². The molecule has 0 saturated carbocycles. The molecular weight excluding hydrogens is 289 g/mol. The van der Waals surface area contributed by atoms with E-state index in [1.807, 2.05) is 0 Å². The number of rotatable bonds is 4. The van der Waals surface area contributed by atoms with Crippen molar-refractivity contribution in [1.29, 1.82) is 0 Å². The molecule has 8 heteroatoms. The van der Waals surface area contributed by atoms with Gasteiger partial charge in [0.1, 0.15) is 12.2 Å². The number of benzene rings is 1. The highest BCUT2D eigenvalue weighted by Gasteiger charge is 2.24. The predicted octanol–water partition coefficient (Wildman–Crippen LogP) is 1.64. The number of hydrogen-bond donors (Lipinski definition) is 2. The highest BCUT2D eigenvalue weighted by Crippen LogP contribution is 2.32. The maximum Gasteiger partial charge on any atom is 0.333 e. The molecule has 0 bridgehead atoms. The van der Waals surface area contributed by atoms with Gasteiger partial charge in [0.25, 0.3) is 0 Å². The fraction of sp³-hybridized carbons (Fsp3) is 0.333. The zero-order chi connectivity index (χ0) is 13.2. The van der Waals surface area contributed by atoms with Crippen LogP contribution in [0.5, 0.6) is 0 Å². The number of nitrogens with two attached hydrogens (primary N) is 1. The summed E-state index contributed by atoms with van der Waals surface area (Å²) in [6.07, 6.45) is -2.32. The Labute approximate surface area is 109 Å². The van der Waals surface area contributed by atoms with Gasteiger partial charge in [-0.15, -0.1) is 0 Å². The first-order valence-electron chi connectivity index (χ1n) is 4.55. The normalized spacial score (nSPS) is 15.6. The smallest absolute Gasteiger partial charge is 0.333 e. The number of hydrogen-bond acceptors (Lipinski definition) is 4. The summed E-state index contributed by atoms with van der Waals surface area (Å²) in [5.41, 5.74) is 0.273. The lowest BCUT2D eigenvalue weighted by Gasteiger charge is -2.19. The summed E-state index contributed by atoms with van der Waals surface area (Å²) < 4.78 is 25.9. The van der Waals surface area contributed by atoms with Crippen LogP contribution in [0, 0.1) is 0 Å². The molecule has 0 unspecified atom stereocenters. The number of aliphatic hydroxyl groups is 1. The van der Waals surface area contributed by atoms with Gasteiger partial charge in [-0.05, 0) is 13.0 Å². The van der Waals surface area contributed by atoms with Gasteiger partial charge in [-0.3, -0.25) is 4.18 Å². The van der Waals surface area contributed by atoms with Gasteiger partial charge in [0.15, 0.2) is 0 Å². The molecule has 0 heterocycles. The number of halogens is 2. The molecule has 0 aliphatic heterocycles. The Morgan fingerprint density at radius 1 is 1.41 bits per heavy atom. The summed E-state index contributed by atoms with van der Waals surface area (Å²) >= 11 is 11.6. The second kappa shape index (κ2) is 5.51. The third-order valence-electron chi connectivity index (χ3n) is 2.03. The summed E-state index contributed by atoms with van der Waals surface area (Å²) in [6, 6.07) is 4.64. The summed E-state index contributed by atoms with van der Waals surface area (Å²) in [5.74, 6) is 0. The minimum atomic E-state index is -4.14. The zero-order valence-electron chi connectivity index (χ0n) is 8.80. The molecule has 96 valence electrons. The van der Waals surface area contributed by atoms with Crippen LogP contribution in [-0.4, -0.2) is 19.6 Å². The molecule has 0 saturated heterocycles. The van der Waals surface area contributed by atoms with E-state index in [0.29, 0.717) is 0 Å². The Kier molecular flexibility index (Phi) is 4.77. The minimum Gasteiger partial charge on any atom is -0.386 e. The Balaban J connectivity index is 2.96. The van der Waals surface area contributed by atoms with E-state index in [2.05, 4.69) is 4.18 Å². The largest absolute Gasteiger partial charge is 0.386 e. The van der Waals surface area contributed by atoms with E-state index in [0.717, 1.165) is 0 Å². The van der Waals surface area contributed by atoms with Gasteiger partial charge in [0.05, 0.1) is 10.0 Å². The topological polar surface area (TPSA) is 89.6 Å². The molecule has 3 N–H and O–H groups in total. The van der Waals surface area contributed by atoms with Crippen molar-refractivity contribution < 1.29 is 17.7 Å². The molecule has 17 heavy (non-hydrogen) atoms. The highest BCUT2D eigenvalue weighted by atomic mass is 35.5. The Bertz CT molecular complexity index is 506. The summed E-state index contributed by atoms with van der Waals surface area (Å²) in [5, 5.41) is 15.0. The Morgan fingerprint density at radius 2 is 2.00 bits per heavy atom. The van der Waals surface area contributed by atoms with Crippen molar-refractivity contribution in [3.8, 4) is 0 Å². The minimum absolute atomic E-state index is 0.145. The molecule has 2 atom stereocenters. The van der Waals surface area contributed by atoms with Gasteiger partial charge < -0.3 is 5.11 Å². The fourth-order valence-corrected chi connectivity index (χ4v) is 2.21. The quantitative estimate of drug-likeness (QED) is 0.884. The maximum atomic E-state index is 10.7. The summed E-state index contributed by atoms with van der Waals surface area (Å²) in [6.45, 7) is 1.35. The van der Waals surface area contributed by atoms with Crippen LogP contribution in [0.3, 0.4) is 0 Å². The molecule has 0 radical (unpaired) electrons. The van der Waals surface area contributed by atoms with E-state index in [-0.39, 0.29) is 15.6 Å². The SMILES string of the molecule is C[C@H](OS(N)(=O)=O)[C@@H](O)c1cccc(Cl)c1Cl.